The first-order chi connectivity index (χ1) is 13.2. The molecule has 0 aliphatic carbocycles. The number of thiazole rings is 1. The number of guanidine groups is 1. The summed E-state index contributed by atoms with van der Waals surface area (Å²) < 4.78 is 10.6. The number of hydrogen-bond donors (Lipinski definition) is 2. The Hall–Kier alpha value is -1.39. The number of rotatable bonds is 11. The molecule has 8 heteroatoms. The number of hydrogen-bond acceptors (Lipinski definition) is 5. The van der Waals surface area contributed by atoms with E-state index >= 15 is 0 Å². The number of aromatic nitrogens is 1. The van der Waals surface area contributed by atoms with Gasteiger partial charge in [-0.25, -0.2) is 9.98 Å². The summed E-state index contributed by atoms with van der Waals surface area (Å²) in [5.74, 6) is 2.00. The van der Waals surface area contributed by atoms with Crippen molar-refractivity contribution in [3.05, 3.63) is 46.4 Å². The standard InChI is InChI=1S/C20H30N4O2S.HI/c1-4-26-12-5-10-22-20(23-14-16(2)19-21-11-13-27-19)24-15-17-6-8-18(25-3)9-7-17;/h6-9,11,13,16H,4-5,10,12,14-15H2,1-3H3,(H2,22,23,24);1H. The summed E-state index contributed by atoms with van der Waals surface area (Å²) in [5, 5.41) is 9.96. The third-order valence-electron chi connectivity index (χ3n) is 3.99. The molecule has 2 aromatic rings. The number of methoxy groups -OCH3 is 1. The van der Waals surface area contributed by atoms with Gasteiger partial charge in [0.1, 0.15) is 5.75 Å². The Labute approximate surface area is 189 Å². The van der Waals surface area contributed by atoms with E-state index in [0.29, 0.717) is 12.5 Å². The minimum Gasteiger partial charge on any atom is -0.497 e. The predicted octanol–water partition coefficient (Wildman–Crippen LogP) is 4.04. The first-order valence-corrected chi connectivity index (χ1v) is 10.2. The molecule has 0 fully saturated rings. The molecule has 1 aromatic carbocycles. The van der Waals surface area contributed by atoms with Crippen molar-refractivity contribution < 1.29 is 9.47 Å². The van der Waals surface area contributed by atoms with Gasteiger partial charge >= 0.3 is 0 Å². The van der Waals surface area contributed by atoms with Gasteiger partial charge in [0.05, 0.1) is 18.7 Å². The van der Waals surface area contributed by atoms with Crippen LogP contribution in [-0.4, -0.2) is 44.4 Å². The third kappa shape index (κ3) is 9.20. The van der Waals surface area contributed by atoms with Gasteiger partial charge in [0.2, 0.25) is 0 Å². The van der Waals surface area contributed by atoms with Crippen molar-refractivity contribution >= 4 is 41.3 Å². The zero-order valence-electron chi connectivity index (χ0n) is 16.8. The molecule has 0 aliphatic heterocycles. The highest BCUT2D eigenvalue weighted by Crippen LogP contribution is 2.16. The van der Waals surface area contributed by atoms with Crippen LogP contribution >= 0.6 is 35.3 Å². The van der Waals surface area contributed by atoms with E-state index in [0.717, 1.165) is 55.0 Å². The van der Waals surface area contributed by atoms with Crippen molar-refractivity contribution in [1.82, 2.24) is 15.6 Å². The monoisotopic (exact) mass is 518 g/mol. The Balaban J connectivity index is 0.00000392. The predicted molar refractivity (Wildman–Crippen MR) is 127 cm³/mol. The molecule has 0 saturated carbocycles. The van der Waals surface area contributed by atoms with E-state index in [-0.39, 0.29) is 24.0 Å². The van der Waals surface area contributed by atoms with Crippen LogP contribution in [0.5, 0.6) is 5.75 Å². The minimum atomic E-state index is 0. The maximum absolute atomic E-state index is 5.39. The molecule has 0 radical (unpaired) electrons. The van der Waals surface area contributed by atoms with Gasteiger partial charge in [-0.1, -0.05) is 19.1 Å². The smallest absolute Gasteiger partial charge is 0.191 e. The van der Waals surface area contributed by atoms with Crippen LogP contribution in [0.1, 0.15) is 36.8 Å². The highest BCUT2D eigenvalue weighted by Gasteiger charge is 2.09. The van der Waals surface area contributed by atoms with Gasteiger partial charge in [-0.3, -0.25) is 0 Å². The second-order valence-corrected chi connectivity index (χ2v) is 7.07. The highest BCUT2D eigenvalue weighted by atomic mass is 127. The van der Waals surface area contributed by atoms with E-state index < -0.39 is 0 Å². The summed E-state index contributed by atoms with van der Waals surface area (Å²) >= 11 is 1.68. The van der Waals surface area contributed by atoms with E-state index in [1.54, 1.807) is 18.4 Å². The zero-order valence-corrected chi connectivity index (χ0v) is 20.0. The highest BCUT2D eigenvalue weighted by molar-refractivity contribution is 14.0. The Morgan fingerprint density at radius 2 is 2.04 bits per heavy atom. The SMILES string of the molecule is CCOCCCNC(=NCc1ccc(OC)cc1)NCC(C)c1nccs1.I. The molecular formula is C20H31IN4O2S. The summed E-state index contributed by atoms with van der Waals surface area (Å²) in [4.78, 5) is 9.11. The molecule has 0 aliphatic rings. The van der Waals surface area contributed by atoms with E-state index in [1.807, 2.05) is 42.8 Å². The van der Waals surface area contributed by atoms with Crippen molar-refractivity contribution in [2.24, 2.45) is 4.99 Å². The largest absolute Gasteiger partial charge is 0.497 e. The molecule has 156 valence electrons. The lowest BCUT2D eigenvalue weighted by Gasteiger charge is -2.15. The van der Waals surface area contributed by atoms with Crippen molar-refractivity contribution in [3.8, 4) is 5.75 Å². The van der Waals surface area contributed by atoms with Crippen LogP contribution in [0.25, 0.3) is 0 Å². The molecule has 1 atom stereocenters. The third-order valence-corrected chi connectivity index (χ3v) is 5.00. The Bertz CT molecular complexity index is 665. The molecule has 1 aromatic heterocycles. The molecule has 1 unspecified atom stereocenters. The van der Waals surface area contributed by atoms with Gasteiger partial charge < -0.3 is 20.1 Å². The average Bonchev–Trinajstić information content (AvgIpc) is 3.24. The number of halogens is 1. The average molecular weight is 518 g/mol. The summed E-state index contributed by atoms with van der Waals surface area (Å²) in [5.41, 5.74) is 1.14. The molecule has 1 heterocycles. The number of aliphatic imine (C=N–C) groups is 1. The molecule has 2 rings (SSSR count). The minimum absolute atomic E-state index is 0. The second-order valence-electron chi connectivity index (χ2n) is 6.14. The molecule has 28 heavy (non-hydrogen) atoms. The van der Waals surface area contributed by atoms with E-state index in [4.69, 9.17) is 14.5 Å². The van der Waals surface area contributed by atoms with Crippen molar-refractivity contribution in [1.29, 1.82) is 0 Å². The van der Waals surface area contributed by atoms with Crippen molar-refractivity contribution in [3.63, 3.8) is 0 Å². The Morgan fingerprint density at radius 1 is 1.25 bits per heavy atom. The molecular weight excluding hydrogens is 487 g/mol. The Kier molecular flexibility index (Phi) is 12.8. The lowest BCUT2D eigenvalue weighted by molar-refractivity contribution is 0.145. The van der Waals surface area contributed by atoms with Crippen LogP contribution in [0, 0.1) is 0 Å². The second kappa shape index (κ2) is 14.6. The number of ether oxygens (including phenoxy) is 2. The fourth-order valence-electron chi connectivity index (χ4n) is 2.42. The quantitative estimate of drug-likeness (QED) is 0.204. The maximum atomic E-state index is 5.39. The van der Waals surface area contributed by atoms with Crippen LogP contribution in [0.15, 0.2) is 40.8 Å². The number of benzene rings is 1. The number of nitrogens with one attached hydrogen (secondary N) is 2. The van der Waals surface area contributed by atoms with E-state index in [1.165, 1.54) is 0 Å². The van der Waals surface area contributed by atoms with E-state index in [9.17, 15) is 0 Å². The lowest BCUT2D eigenvalue weighted by Crippen LogP contribution is -2.39. The lowest BCUT2D eigenvalue weighted by atomic mass is 10.2. The van der Waals surface area contributed by atoms with Crippen LogP contribution < -0.4 is 15.4 Å². The van der Waals surface area contributed by atoms with Gasteiger partial charge in [0, 0.05) is 43.8 Å². The maximum Gasteiger partial charge on any atom is 0.191 e. The van der Waals surface area contributed by atoms with Gasteiger partial charge in [-0.05, 0) is 31.0 Å². The molecule has 0 saturated heterocycles. The fraction of sp³-hybridized carbons (Fsp3) is 0.500. The zero-order chi connectivity index (χ0) is 19.3. The molecule has 0 bridgehead atoms. The first-order valence-electron chi connectivity index (χ1n) is 9.35. The van der Waals surface area contributed by atoms with Crippen LogP contribution in [0.2, 0.25) is 0 Å². The van der Waals surface area contributed by atoms with Gasteiger partial charge in [-0.2, -0.15) is 0 Å². The molecule has 0 amide bonds. The Morgan fingerprint density at radius 3 is 2.68 bits per heavy atom. The fourth-order valence-corrected chi connectivity index (χ4v) is 3.11. The van der Waals surface area contributed by atoms with Crippen molar-refractivity contribution in [2.45, 2.75) is 32.7 Å². The van der Waals surface area contributed by atoms with Crippen LogP contribution in [0.3, 0.4) is 0 Å². The molecule has 6 nitrogen and oxygen atoms in total. The first kappa shape index (κ1) is 24.6. The van der Waals surface area contributed by atoms with E-state index in [2.05, 4.69) is 22.5 Å². The summed E-state index contributed by atoms with van der Waals surface area (Å²) in [6, 6.07) is 7.98. The van der Waals surface area contributed by atoms with Crippen molar-refractivity contribution in [2.75, 3.05) is 33.4 Å². The normalized spacial score (nSPS) is 12.2. The topological polar surface area (TPSA) is 67.8 Å². The number of nitrogens with zero attached hydrogens (tertiary/aromatic N) is 2. The summed E-state index contributed by atoms with van der Waals surface area (Å²) in [6.07, 6.45) is 2.79. The summed E-state index contributed by atoms with van der Waals surface area (Å²) in [7, 11) is 1.67. The molecule has 0 spiro atoms. The van der Waals surface area contributed by atoms with Crippen LogP contribution in [-0.2, 0) is 11.3 Å². The van der Waals surface area contributed by atoms with Gasteiger partial charge in [0.15, 0.2) is 5.96 Å². The summed E-state index contributed by atoms with van der Waals surface area (Å²) in [6.45, 7) is 7.90. The molecule has 2 N–H and O–H groups in total. The van der Waals surface area contributed by atoms with Gasteiger partial charge in [-0.15, -0.1) is 35.3 Å². The van der Waals surface area contributed by atoms with Crippen LogP contribution in [0.4, 0.5) is 0 Å². The van der Waals surface area contributed by atoms with Gasteiger partial charge in [0.25, 0.3) is 0 Å².